The van der Waals surface area contributed by atoms with Crippen LogP contribution in [0.25, 0.3) is 0 Å². The summed E-state index contributed by atoms with van der Waals surface area (Å²) in [7, 11) is 0. The Morgan fingerprint density at radius 1 is 1.44 bits per heavy atom. The lowest BCUT2D eigenvalue weighted by atomic mass is 9.84. The summed E-state index contributed by atoms with van der Waals surface area (Å²) in [5.74, 6) is -2.10. The van der Waals surface area contributed by atoms with Crippen molar-refractivity contribution < 1.29 is 29.3 Å². The number of hydrogen-bond acceptors (Lipinski definition) is 7. The summed E-state index contributed by atoms with van der Waals surface area (Å²) in [5.41, 5.74) is -0.659. The molecule has 2 saturated heterocycles. The summed E-state index contributed by atoms with van der Waals surface area (Å²) in [4.78, 5) is 27.2. The molecule has 0 bridgehead atoms. The van der Waals surface area contributed by atoms with E-state index in [0.717, 1.165) is 25.1 Å². The number of cyclic esters (lactones) is 1. The third-order valence-corrected chi connectivity index (χ3v) is 5.55. The quantitative estimate of drug-likeness (QED) is 0.395. The van der Waals surface area contributed by atoms with E-state index in [9.17, 15) is 19.8 Å². The van der Waals surface area contributed by atoms with Crippen LogP contribution >= 0.6 is 0 Å². The molecule has 138 valence electrons. The van der Waals surface area contributed by atoms with Gasteiger partial charge in [0.15, 0.2) is 5.60 Å². The normalized spacial score (nSPS) is 38.5. The molecule has 0 aliphatic carbocycles. The van der Waals surface area contributed by atoms with Crippen molar-refractivity contribution in [3.8, 4) is 0 Å². The van der Waals surface area contributed by atoms with Crippen molar-refractivity contribution in [2.45, 2.75) is 44.4 Å². The van der Waals surface area contributed by atoms with Crippen LogP contribution in [-0.4, -0.2) is 71.1 Å². The Morgan fingerprint density at radius 3 is 2.88 bits per heavy atom. The van der Waals surface area contributed by atoms with E-state index in [1.54, 1.807) is 13.0 Å². The molecule has 0 aromatic carbocycles. The molecule has 0 radical (unpaired) electrons. The lowest BCUT2D eigenvalue weighted by Gasteiger charge is -2.32. The van der Waals surface area contributed by atoms with Crippen LogP contribution in [0.2, 0.25) is 0 Å². The SMILES string of the molecule is C/C=C1\CC(CO)C(C)(O)C(=O)OCC2=CCN3CCC(OC1=O)C23. The van der Waals surface area contributed by atoms with Gasteiger partial charge in [-0.05, 0) is 32.3 Å². The van der Waals surface area contributed by atoms with E-state index in [-0.39, 0.29) is 25.2 Å². The zero-order valence-electron chi connectivity index (χ0n) is 14.6. The van der Waals surface area contributed by atoms with Gasteiger partial charge in [0.1, 0.15) is 12.7 Å². The molecular weight excluding hydrogens is 326 g/mol. The number of esters is 2. The average molecular weight is 351 g/mol. The van der Waals surface area contributed by atoms with E-state index >= 15 is 0 Å². The minimum atomic E-state index is -1.89. The first-order chi connectivity index (χ1) is 11.9. The number of aliphatic hydroxyl groups is 2. The Bertz CT molecular complexity index is 623. The minimum absolute atomic E-state index is 0.0394. The fourth-order valence-electron chi connectivity index (χ4n) is 3.83. The van der Waals surface area contributed by atoms with Crippen LogP contribution in [0.3, 0.4) is 0 Å². The molecule has 3 aliphatic rings. The second-order valence-electron chi connectivity index (χ2n) is 7.07. The Hall–Kier alpha value is -1.70. The number of rotatable bonds is 1. The molecule has 4 atom stereocenters. The Labute approximate surface area is 146 Å². The standard InChI is InChI=1S/C18H25NO6/c1-3-11-8-13(9-20)18(2,23)17(22)24-10-12-4-6-19-7-5-14(15(12)19)25-16(11)21/h3-4,13-15,20,23H,5-10H2,1-2H3/b11-3+. The average Bonchev–Trinajstić information content (AvgIpc) is 3.15. The number of carbonyl (C=O) groups excluding carboxylic acids is 2. The topological polar surface area (TPSA) is 96.3 Å². The van der Waals surface area contributed by atoms with Crippen LogP contribution in [0, 0.1) is 5.92 Å². The predicted octanol–water partition coefficient (Wildman–Crippen LogP) is 0.165. The molecule has 0 aromatic heterocycles. The van der Waals surface area contributed by atoms with Gasteiger partial charge < -0.3 is 19.7 Å². The summed E-state index contributed by atoms with van der Waals surface area (Å²) in [6, 6.07) is -0.0760. The molecule has 0 aromatic rings. The molecule has 3 aliphatic heterocycles. The van der Waals surface area contributed by atoms with Crippen molar-refractivity contribution in [1.29, 1.82) is 0 Å². The van der Waals surface area contributed by atoms with Crippen LogP contribution in [-0.2, 0) is 19.1 Å². The highest BCUT2D eigenvalue weighted by Crippen LogP contribution is 2.34. The van der Waals surface area contributed by atoms with Crippen molar-refractivity contribution in [1.82, 2.24) is 4.90 Å². The van der Waals surface area contributed by atoms with Gasteiger partial charge in [0.05, 0.1) is 6.04 Å². The molecule has 4 unspecified atom stereocenters. The van der Waals surface area contributed by atoms with E-state index in [2.05, 4.69) is 4.90 Å². The molecule has 0 amide bonds. The van der Waals surface area contributed by atoms with Gasteiger partial charge in [-0.25, -0.2) is 9.59 Å². The summed E-state index contributed by atoms with van der Waals surface area (Å²) in [6.07, 6.45) is 4.09. The van der Waals surface area contributed by atoms with Crippen LogP contribution in [0.1, 0.15) is 26.7 Å². The highest BCUT2D eigenvalue weighted by atomic mass is 16.6. The maximum absolute atomic E-state index is 12.6. The molecule has 7 heteroatoms. The third-order valence-electron chi connectivity index (χ3n) is 5.55. The van der Waals surface area contributed by atoms with Crippen LogP contribution in [0.4, 0.5) is 0 Å². The van der Waals surface area contributed by atoms with Crippen LogP contribution in [0.15, 0.2) is 23.3 Å². The Morgan fingerprint density at radius 2 is 2.20 bits per heavy atom. The van der Waals surface area contributed by atoms with Crippen molar-refractivity contribution in [2.24, 2.45) is 5.92 Å². The molecule has 0 spiro atoms. The fraction of sp³-hybridized carbons (Fsp3) is 0.667. The molecular formula is C18H25NO6. The Balaban J connectivity index is 1.92. The molecule has 25 heavy (non-hydrogen) atoms. The van der Waals surface area contributed by atoms with Gasteiger partial charge in [-0.2, -0.15) is 0 Å². The van der Waals surface area contributed by atoms with Crippen molar-refractivity contribution >= 4 is 11.9 Å². The van der Waals surface area contributed by atoms with Gasteiger partial charge in [-0.1, -0.05) is 12.2 Å². The fourth-order valence-corrected chi connectivity index (χ4v) is 3.83. The summed E-state index contributed by atoms with van der Waals surface area (Å²) in [6.45, 7) is 4.17. The third kappa shape index (κ3) is 3.23. The number of aliphatic hydroxyl groups excluding tert-OH is 1. The zero-order chi connectivity index (χ0) is 18.2. The minimum Gasteiger partial charge on any atom is -0.459 e. The molecule has 3 rings (SSSR count). The van der Waals surface area contributed by atoms with Crippen molar-refractivity contribution in [3.63, 3.8) is 0 Å². The largest absolute Gasteiger partial charge is 0.459 e. The van der Waals surface area contributed by atoms with Crippen LogP contribution in [0.5, 0.6) is 0 Å². The van der Waals surface area contributed by atoms with Gasteiger partial charge in [0, 0.05) is 31.2 Å². The van der Waals surface area contributed by atoms with E-state index < -0.39 is 30.1 Å². The molecule has 2 N–H and O–H groups in total. The maximum Gasteiger partial charge on any atom is 0.338 e. The highest BCUT2D eigenvalue weighted by molar-refractivity contribution is 5.89. The summed E-state index contributed by atoms with van der Waals surface area (Å²) in [5, 5.41) is 20.2. The smallest absolute Gasteiger partial charge is 0.338 e. The highest BCUT2D eigenvalue weighted by Gasteiger charge is 2.46. The first-order valence-corrected chi connectivity index (χ1v) is 8.68. The van der Waals surface area contributed by atoms with E-state index in [1.807, 2.05) is 6.08 Å². The molecule has 0 saturated carbocycles. The number of hydrogen-bond donors (Lipinski definition) is 2. The van der Waals surface area contributed by atoms with Crippen molar-refractivity contribution in [3.05, 3.63) is 23.3 Å². The number of carbonyl (C=O) groups is 2. The van der Waals surface area contributed by atoms with E-state index in [1.165, 1.54) is 6.92 Å². The maximum atomic E-state index is 12.6. The molecule has 7 nitrogen and oxygen atoms in total. The second-order valence-corrected chi connectivity index (χ2v) is 7.07. The molecule has 2 fully saturated rings. The predicted molar refractivity (Wildman–Crippen MR) is 88.5 cm³/mol. The Kier molecular flexibility index (Phi) is 4.99. The van der Waals surface area contributed by atoms with Crippen molar-refractivity contribution in [2.75, 3.05) is 26.3 Å². The van der Waals surface area contributed by atoms with E-state index in [4.69, 9.17) is 9.47 Å². The monoisotopic (exact) mass is 351 g/mol. The van der Waals surface area contributed by atoms with Gasteiger partial charge in [-0.15, -0.1) is 0 Å². The number of allylic oxidation sites excluding steroid dienone is 1. The molecule has 3 heterocycles. The summed E-state index contributed by atoms with van der Waals surface area (Å²) < 4.78 is 11.1. The van der Waals surface area contributed by atoms with Gasteiger partial charge in [-0.3, -0.25) is 4.90 Å². The summed E-state index contributed by atoms with van der Waals surface area (Å²) >= 11 is 0. The number of ether oxygens (including phenoxy) is 2. The van der Waals surface area contributed by atoms with Gasteiger partial charge in [0.2, 0.25) is 0 Å². The van der Waals surface area contributed by atoms with E-state index in [0.29, 0.717) is 5.57 Å². The lowest BCUT2D eigenvalue weighted by Crippen LogP contribution is -2.47. The zero-order valence-corrected chi connectivity index (χ0v) is 14.6. The van der Waals surface area contributed by atoms with Gasteiger partial charge >= 0.3 is 11.9 Å². The second kappa shape index (κ2) is 6.90. The number of nitrogens with zero attached hydrogens (tertiary/aromatic N) is 1. The first-order valence-electron chi connectivity index (χ1n) is 8.68. The lowest BCUT2D eigenvalue weighted by molar-refractivity contribution is -0.171. The van der Waals surface area contributed by atoms with Crippen LogP contribution < -0.4 is 0 Å². The van der Waals surface area contributed by atoms with Gasteiger partial charge in [0.25, 0.3) is 0 Å². The first kappa shape index (κ1) is 18.1.